The molecule has 202 valence electrons. The normalized spacial score (nSPS) is 25.9. The van der Waals surface area contributed by atoms with Gasteiger partial charge in [-0.15, -0.1) is 0 Å². The van der Waals surface area contributed by atoms with Gasteiger partial charge < -0.3 is 34.6 Å². The molecule has 3 aliphatic rings. The van der Waals surface area contributed by atoms with Crippen molar-refractivity contribution >= 4 is 17.7 Å². The SMILES string of the molecule is COC1=NO[C@@]2(CC[C@H](C)N3C[C@H]2n2cc(C(=O)NCc4c(F)cc(F)cc4F)c(=O)c(O)c2C3=O)[C@H]1O. The molecule has 1 spiro atoms. The first-order valence-electron chi connectivity index (χ1n) is 11.7. The minimum absolute atomic E-state index is 0.00799. The number of nitrogens with zero attached hydrogens (tertiary/aromatic N) is 3. The van der Waals surface area contributed by atoms with E-state index in [0.717, 1.165) is 6.20 Å². The Labute approximate surface area is 213 Å². The Hall–Kier alpha value is -4.07. The van der Waals surface area contributed by atoms with Gasteiger partial charge >= 0.3 is 0 Å². The van der Waals surface area contributed by atoms with Gasteiger partial charge in [0.25, 0.3) is 17.7 Å². The lowest BCUT2D eigenvalue weighted by atomic mass is 9.83. The zero-order chi connectivity index (χ0) is 27.5. The monoisotopic (exact) mass is 536 g/mol. The fourth-order valence-corrected chi connectivity index (χ4v) is 5.28. The highest BCUT2D eigenvalue weighted by Crippen LogP contribution is 2.46. The van der Waals surface area contributed by atoms with E-state index in [4.69, 9.17) is 9.57 Å². The number of aliphatic hydroxyl groups is 1. The van der Waals surface area contributed by atoms with Crippen LogP contribution in [0.2, 0.25) is 0 Å². The number of aromatic nitrogens is 1. The Morgan fingerprint density at radius 2 is 1.97 bits per heavy atom. The summed E-state index contributed by atoms with van der Waals surface area (Å²) in [5, 5.41) is 27.9. The minimum Gasteiger partial charge on any atom is -0.503 e. The number of aromatic hydroxyl groups is 1. The third-order valence-corrected chi connectivity index (χ3v) is 7.42. The van der Waals surface area contributed by atoms with Crippen molar-refractivity contribution in [3.8, 4) is 5.75 Å². The summed E-state index contributed by atoms with van der Waals surface area (Å²) >= 11 is 0. The van der Waals surface area contributed by atoms with Crippen LogP contribution in [-0.2, 0) is 16.1 Å². The van der Waals surface area contributed by atoms with Gasteiger partial charge in [-0.1, -0.05) is 0 Å². The number of methoxy groups -OCH3 is 1. The second kappa shape index (κ2) is 9.04. The number of pyridine rings is 1. The Bertz CT molecular complexity index is 1420. The van der Waals surface area contributed by atoms with Crippen molar-refractivity contribution < 1.29 is 42.5 Å². The molecular formula is C24H23F3N4O7. The fraction of sp³-hybridized carbons (Fsp3) is 0.417. The number of carbonyl (C=O) groups excluding carboxylic acids is 2. The van der Waals surface area contributed by atoms with E-state index in [1.54, 1.807) is 6.92 Å². The molecule has 0 unspecified atom stereocenters. The van der Waals surface area contributed by atoms with Crippen LogP contribution in [0, 0.1) is 17.5 Å². The summed E-state index contributed by atoms with van der Waals surface area (Å²) in [5.74, 6) is -6.52. The van der Waals surface area contributed by atoms with Crippen molar-refractivity contribution in [2.75, 3.05) is 13.7 Å². The van der Waals surface area contributed by atoms with Gasteiger partial charge in [0.05, 0.1) is 13.2 Å². The number of carbonyl (C=O) groups is 2. The van der Waals surface area contributed by atoms with Crippen LogP contribution >= 0.6 is 0 Å². The highest BCUT2D eigenvalue weighted by Gasteiger charge is 2.60. The lowest BCUT2D eigenvalue weighted by Crippen LogP contribution is -2.56. The molecule has 11 nitrogen and oxygen atoms in total. The molecule has 1 aromatic carbocycles. The molecule has 0 radical (unpaired) electrons. The number of nitrogens with one attached hydrogen (secondary N) is 1. The van der Waals surface area contributed by atoms with Gasteiger partial charge in [-0.25, -0.2) is 13.2 Å². The first-order chi connectivity index (χ1) is 18.0. The molecule has 3 N–H and O–H groups in total. The Kier molecular flexibility index (Phi) is 6.09. The van der Waals surface area contributed by atoms with E-state index >= 15 is 0 Å². The summed E-state index contributed by atoms with van der Waals surface area (Å²) in [4.78, 5) is 46.3. The number of hydrogen-bond donors (Lipinski definition) is 3. The van der Waals surface area contributed by atoms with Crippen molar-refractivity contribution in [1.82, 2.24) is 14.8 Å². The predicted molar refractivity (Wildman–Crippen MR) is 123 cm³/mol. The minimum atomic E-state index is -1.46. The van der Waals surface area contributed by atoms with Gasteiger partial charge in [-0.3, -0.25) is 14.4 Å². The standard InChI is InChI=1S/C24H23F3N4O7/c1-10-3-4-24(20(34)22(37-2)29-38-24)16-9-30(10)23(36)17-19(33)18(32)13(8-31(16)17)21(35)28-7-12-14(26)5-11(25)6-15(12)27/h5-6,8,10,16,20,33-34H,3-4,7,9H2,1-2H3,(H,28,35)/t10-,16+,20-,24+/m0/s1. The van der Waals surface area contributed by atoms with Crippen LogP contribution in [0.5, 0.6) is 5.75 Å². The molecule has 14 heteroatoms. The van der Waals surface area contributed by atoms with Crippen LogP contribution < -0.4 is 10.7 Å². The Morgan fingerprint density at radius 1 is 1.29 bits per heavy atom. The summed E-state index contributed by atoms with van der Waals surface area (Å²) in [6.45, 7) is 1.03. The fourth-order valence-electron chi connectivity index (χ4n) is 5.28. The number of halogens is 3. The number of hydrogen-bond acceptors (Lipinski definition) is 8. The molecule has 4 heterocycles. The average molecular weight is 536 g/mol. The maximum Gasteiger partial charge on any atom is 0.274 e. The first-order valence-corrected chi connectivity index (χ1v) is 11.7. The Balaban J connectivity index is 1.57. The van der Waals surface area contributed by atoms with Crippen molar-refractivity contribution in [2.24, 2.45) is 5.16 Å². The van der Waals surface area contributed by atoms with Gasteiger partial charge in [0, 0.05) is 43.0 Å². The van der Waals surface area contributed by atoms with Crippen LogP contribution in [0.4, 0.5) is 13.2 Å². The number of benzene rings is 1. The van der Waals surface area contributed by atoms with Gasteiger partial charge in [-0.2, -0.15) is 0 Å². The summed E-state index contributed by atoms with van der Waals surface area (Å²) < 4.78 is 47.5. The van der Waals surface area contributed by atoms with Crippen molar-refractivity contribution in [1.29, 1.82) is 0 Å². The first kappa shape index (κ1) is 25.6. The molecule has 38 heavy (non-hydrogen) atoms. The average Bonchev–Trinajstić information content (AvgIpc) is 3.12. The topological polar surface area (TPSA) is 143 Å². The van der Waals surface area contributed by atoms with Crippen LogP contribution in [-0.4, -0.2) is 68.8 Å². The third-order valence-electron chi connectivity index (χ3n) is 7.42. The number of aliphatic hydroxyl groups excluding tert-OH is 1. The number of oxime groups is 1. The quantitative estimate of drug-likeness (QED) is 0.535. The van der Waals surface area contributed by atoms with Crippen molar-refractivity contribution in [3.05, 3.63) is 62.8 Å². The molecule has 3 aliphatic heterocycles. The summed E-state index contributed by atoms with van der Waals surface area (Å²) in [7, 11) is 1.30. The van der Waals surface area contributed by atoms with E-state index in [-0.39, 0.29) is 24.9 Å². The van der Waals surface area contributed by atoms with Crippen LogP contribution in [0.1, 0.15) is 52.2 Å². The van der Waals surface area contributed by atoms with E-state index in [0.29, 0.717) is 18.6 Å². The summed E-state index contributed by atoms with van der Waals surface area (Å²) in [6, 6.07) is -0.385. The maximum atomic E-state index is 14.0. The molecule has 1 fully saturated rings. The lowest BCUT2D eigenvalue weighted by molar-refractivity contribution is -0.115. The van der Waals surface area contributed by atoms with Crippen LogP contribution in [0.15, 0.2) is 28.3 Å². The molecule has 5 rings (SSSR count). The number of ether oxygens (including phenoxy) is 1. The molecule has 0 aliphatic carbocycles. The third kappa shape index (κ3) is 3.69. The summed E-state index contributed by atoms with van der Waals surface area (Å²) in [5.41, 5.74) is -4.34. The number of fused-ring (bicyclic) bond motifs is 5. The van der Waals surface area contributed by atoms with Crippen LogP contribution in [0.3, 0.4) is 0 Å². The molecule has 1 saturated heterocycles. The molecular weight excluding hydrogens is 513 g/mol. The smallest absolute Gasteiger partial charge is 0.274 e. The van der Waals surface area contributed by atoms with E-state index in [2.05, 4.69) is 10.5 Å². The van der Waals surface area contributed by atoms with Crippen molar-refractivity contribution in [2.45, 2.75) is 50.1 Å². The molecule has 2 amide bonds. The van der Waals surface area contributed by atoms with E-state index < -0.39 is 81.6 Å². The second-order valence-electron chi connectivity index (χ2n) is 9.45. The maximum absolute atomic E-state index is 14.0. The second-order valence-corrected chi connectivity index (χ2v) is 9.45. The number of amides is 2. The zero-order valence-electron chi connectivity index (χ0n) is 20.2. The Morgan fingerprint density at radius 3 is 2.61 bits per heavy atom. The molecule has 2 bridgehead atoms. The molecule has 4 atom stereocenters. The van der Waals surface area contributed by atoms with Gasteiger partial charge in [0.1, 0.15) is 23.0 Å². The highest BCUT2D eigenvalue weighted by molar-refractivity contribution is 5.99. The highest BCUT2D eigenvalue weighted by atomic mass is 19.1. The predicted octanol–water partition coefficient (Wildman–Crippen LogP) is 1.17. The van der Waals surface area contributed by atoms with Crippen molar-refractivity contribution in [3.63, 3.8) is 0 Å². The van der Waals surface area contributed by atoms with Gasteiger partial charge in [-0.05, 0) is 24.9 Å². The van der Waals surface area contributed by atoms with Gasteiger partial charge in [0.2, 0.25) is 5.43 Å². The largest absolute Gasteiger partial charge is 0.503 e. The summed E-state index contributed by atoms with van der Waals surface area (Å²) in [6.07, 6.45) is 0.252. The number of rotatable bonds is 3. The lowest BCUT2D eigenvalue weighted by Gasteiger charge is -2.42. The molecule has 1 aromatic heterocycles. The van der Waals surface area contributed by atoms with E-state index in [9.17, 15) is 37.8 Å². The van der Waals surface area contributed by atoms with Crippen LogP contribution in [0.25, 0.3) is 0 Å². The molecule has 0 saturated carbocycles. The zero-order valence-corrected chi connectivity index (χ0v) is 20.2. The van der Waals surface area contributed by atoms with Gasteiger partial charge in [0.15, 0.2) is 23.1 Å². The van der Waals surface area contributed by atoms with E-state index in [1.807, 2.05) is 0 Å². The molecule has 2 aromatic rings. The van der Waals surface area contributed by atoms with E-state index in [1.165, 1.54) is 16.6 Å².